The molecule has 1 amide bonds. The summed E-state index contributed by atoms with van der Waals surface area (Å²) in [6, 6.07) is 10.1. The van der Waals surface area contributed by atoms with E-state index in [9.17, 15) is 4.79 Å². The molecule has 0 spiro atoms. The van der Waals surface area contributed by atoms with E-state index in [4.69, 9.17) is 4.98 Å². The minimum absolute atomic E-state index is 0.0508. The van der Waals surface area contributed by atoms with Gasteiger partial charge in [0.15, 0.2) is 5.82 Å². The van der Waals surface area contributed by atoms with Crippen LogP contribution in [-0.2, 0) is 11.2 Å². The fourth-order valence-electron chi connectivity index (χ4n) is 3.05. The second-order valence-corrected chi connectivity index (χ2v) is 6.57. The molecule has 120 valence electrons. The first-order chi connectivity index (χ1) is 11.1. The molecule has 0 radical (unpaired) electrons. The van der Waals surface area contributed by atoms with Crippen LogP contribution in [0.1, 0.15) is 50.4 Å². The Bertz CT molecular complexity index is 682. The second-order valence-electron chi connectivity index (χ2n) is 6.57. The summed E-state index contributed by atoms with van der Waals surface area (Å²) in [7, 11) is 0. The lowest BCUT2D eigenvalue weighted by Crippen LogP contribution is -2.32. The molecule has 1 unspecified atom stereocenters. The maximum atomic E-state index is 12.1. The van der Waals surface area contributed by atoms with Crippen molar-refractivity contribution >= 4 is 5.91 Å². The zero-order chi connectivity index (χ0) is 16.2. The van der Waals surface area contributed by atoms with E-state index in [1.807, 2.05) is 36.5 Å². The topological polar surface area (TPSA) is 54.9 Å². The van der Waals surface area contributed by atoms with Crippen molar-refractivity contribution < 1.29 is 4.79 Å². The van der Waals surface area contributed by atoms with E-state index in [-0.39, 0.29) is 11.9 Å². The summed E-state index contributed by atoms with van der Waals surface area (Å²) in [5.41, 5.74) is 3.18. The van der Waals surface area contributed by atoms with Gasteiger partial charge in [0.25, 0.3) is 0 Å². The van der Waals surface area contributed by atoms with E-state index in [1.165, 1.54) is 0 Å². The maximum Gasteiger partial charge on any atom is 0.220 e. The lowest BCUT2D eigenvalue weighted by Gasteiger charge is -2.26. The third-order valence-electron chi connectivity index (χ3n) is 4.14. The number of aromatic nitrogens is 2. The number of benzene rings is 1. The Morgan fingerprint density at radius 1 is 1.30 bits per heavy atom. The number of fused-ring (bicyclic) bond motifs is 1. The van der Waals surface area contributed by atoms with E-state index in [0.717, 1.165) is 41.9 Å². The number of nitrogens with zero attached hydrogens (tertiary/aromatic N) is 2. The maximum absolute atomic E-state index is 12.1. The van der Waals surface area contributed by atoms with E-state index in [2.05, 4.69) is 24.1 Å². The van der Waals surface area contributed by atoms with E-state index in [1.54, 1.807) is 0 Å². The average molecular weight is 309 g/mol. The summed E-state index contributed by atoms with van der Waals surface area (Å²) >= 11 is 0. The summed E-state index contributed by atoms with van der Waals surface area (Å²) in [6.45, 7) is 4.12. The number of aryl methyl sites for hydroxylation is 1. The number of hydrogen-bond acceptors (Lipinski definition) is 3. The van der Waals surface area contributed by atoms with Gasteiger partial charge in [-0.3, -0.25) is 4.79 Å². The van der Waals surface area contributed by atoms with Gasteiger partial charge in [-0.15, -0.1) is 0 Å². The quantitative estimate of drug-likeness (QED) is 0.937. The van der Waals surface area contributed by atoms with Crippen LogP contribution in [0.25, 0.3) is 11.4 Å². The van der Waals surface area contributed by atoms with Gasteiger partial charge in [0.05, 0.1) is 6.04 Å². The van der Waals surface area contributed by atoms with Crippen LogP contribution >= 0.6 is 0 Å². The molecule has 0 saturated carbocycles. The predicted molar refractivity (Wildman–Crippen MR) is 90.7 cm³/mol. The Morgan fingerprint density at radius 2 is 2.09 bits per heavy atom. The van der Waals surface area contributed by atoms with Gasteiger partial charge in [0.2, 0.25) is 5.91 Å². The first-order valence-corrected chi connectivity index (χ1v) is 8.34. The number of carbonyl (C=O) groups is 1. The van der Waals surface area contributed by atoms with Gasteiger partial charge in [0, 0.05) is 29.4 Å². The van der Waals surface area contributed by atoms with Crippen molar-refractivity contribution in [2.45, 2.75) is 45.6 Å². The van der Waals surface area contributed by atoms with Crippen LogP contribution in [0.2, 0.25) is 0 Å². The molecule has 0 bridgehead atoms. The zero-order valence-corrected chi connectivity index (χ0v) is 13.7. The van der Waals surface area contributed by atoms with Gasteiger partial charge < -0.3 is 5.32 Å². The highest BCUT2D eigenvalue weighted by molar-refractivity contribution is 5.76. The molecule has 1 aliphatic carbocycles. The summed E-state index contributed by atoms with van der Waals surface area (Å²) < 4.78 is 0. The highest BCUT2D eigenvalue weighted by Gasteiger charge is 2.24. The van der Waals surface area contributed by atoms with Gasteiger partial charge in [-0.2, -0.15) is 0 Å². The molecule has 0 fully saturated rings. The van der Waals surface area contributed by atoms with Crippen molar-refractivity contribution in [2.75, 3.05) is 0 Å². The molecule has 3 rings (SSSR count). The standard InChI is InChI=1S/C19H23N3O/c1-13(2)11-18(23)21-16-9-6-10-17-15(16)12-20-19(22-17)14-7-4-3-5-8-14/h3-5,7-8,12-13,16H,6,9-11H2,1-2H3,(H,21,23). The first kappa shape index (κ1) is 15.7. The Balaban J connectivity index is 1.81. The SMILES string of the molecule is CC(C)CC(=O)NC1CCCc2nc(-c3ccccc3)ncc21. The fourth-order valence-corrected chi connectivity index (χ4v) is 3.05. The predicted octanol–water partition coefficient (Wildman–Crippen LogP) is 3.68. The van der Waals surface area contributed by atoms with Gasteiger partial charge in [-0.1, -0.05) is 44.2 Å². The summed E-state index contributed by atoms with van der Waals surface area (Å²) in [5, 5.41) is 3.15. The molecule has 23 heavy (non-hydrogen) atoms. The highest BCUT2D eigenvalue weighted by atomic mass is 16.1. The molecule has 1 aromatic heterocycles. The smallest absolute Gasteiger partial charge is 0.220 e. The summed E-state index contributed by atoms with van der Waals surface area (Å²) in [5.74, 6) is 1.25. The van der Waals surface area contributed by atoms with Gasteiger partial charge in [-0.05, 0) is 25.2 Å². The zero-order valence-electron chi connectivity index (χ0n) is 13.7. The van der Waals surface area contributed by atoms with Crippen LogP contribution in [0.15, 0.2) is 36.5 Å². The van der Waals surface area contributed by atoms with Gasteiger partial charge in [-0.25, -0.2) is 9.97 Å². The van der Waals surface area contributed by atoms with Crippen LogP contribution in [0.3, 0.4) is 0 Å². The number of rotatable bonds is 4. The molecular formula is C19H23N3O. The van der Waals surface area contributed by atoms with E-state index in [0.29, 0.717) is 12.3 Å². The molecule has 2 aromatic rings. The average Bonchev–Trinajstić information content (AvgIpc) is 2.54. The molecule has 1 N–H and O–H groups in total. The summed E-state index contributed by atoms with van der Waals surface area (Å²) in [6.07, 6.45) is 5.42. The van der Waals surface area contributed by atoms with E-state index >= 15 is 0 Å². The lowest BCUT2D eigenvalue weighted by molar-refractivity contribution is -0.122. The van der Waals surface area contributed by atoms with Crippen LogP contribution in [0, 0.1) is 5.92 Å². The molecule has 4 nitrogen and oxygen atoms in total. The Labute approximate surface area is 137 Å². The first-order valence-electron chi connectivity index (χ1n) is 8.34. The molecule has 4 heteroatoms. The minimum atomic E-state index is 0.0508. The third kappa shape index (κ3) is 3.76. The Hall–Kier alpha value is -2.23. The summed E-state index contributed by atoms with van der Waals surface area (Å²) in [4.78, 5) is 21.3. The second kappa shape index (κ2) is 6.90. The fraction of sp³-hybridized carbons (Fsp3) is 0.421. The van der Waals surface area contributed by atoms with Crippen molar-refractivity contribution in [3.05, 3.63) is 47.8 Å². The Kier molecular flexibility index (Phi) is 4.70. The number of amides is 1. The Morgan fingerprint density at radius 3 is 2.83 bits per heavy atom. The van der Waals surface area contributed by atoms with Crippen molar-refractivity contribution in [3.8, 4) is 11.4 Å². The third-order valence-corrected chi connectivity index (χ3v) is 4.14. The largest absolute Gasteiger partial charge is 0.349 e. The molecule has 1 aliphatic rings. The number of carbonyl (C=O) groups excluding carboxylic acids is 1. The van der Waals surface area contributed by atoms with Crippen LogP contribution in [0.4, 0.5) is 0 Å². The van der Waals surface area contributed by atoms with Crippen molar-refractivity contribution in [1.82, 2.24) is 15.3 Å². The molecule has 1 atom stereocenters. The van der Waals surface area contributed by atoms with E-state index < -0.39 is 0 Å². The monoisotopic (exact) mass is 309 g/mol. The van der Waals surface area contributed by atoms with Crippen molar-refractivity contribution in [1.29, 1.82) is 0 Å². The minimum Gasteiger partial charge on any atom is -0.349 e. The molecule has 1 heterocycles. The molecule has 0 aliphatic heterocycles. The molecular weight excluding hydrogens is 286 g/mol. The van der Waals surface area contributed by atoms with Crippen LogP contribution in [-0.4, -0.2) is 15.9 Å². The highest BCUT2D eigenvalue weighted by Crippen LogP contribution is 2.29. The van der Waals surface area contributed by atoms with Crippen LogP contribution in [0.5, 0.6) is 0 Å². The molecule has 0 saturated heterocycles. The number of hydrogen-bond donors (Lipinski definition) is 1. The lowest BCUT2D eigenvalue weighted by atomic mass is 9.92. The van der Waals surface area contributed by atoms with Gasteiger partial charge in [0.1, 0.15) is 0 Å². The van der Waals surface area contributed by atoms with Crippen molar-refractivity contribution in [3.63, 3.8) is 0 Å². The van der Waals surface area contributed by atoms with Gasteiger partial charge >= 0.3 is 0 Å². The number of nitrogens with one attached hydrogen (secondary N) is 1. The van der Waals surface area contributed by atoms with Crippen molar-refractivity contribution in [2.24, 2.45) is 5.92 Å². The molecule has 1 aromatic carbocycles. The van der Waals surface area contributed by atoms with Crippen LogP contribution < -0.4 is 5.32 Å². The normalized spacial score (nSPS) is 16.9.